The van der Waals surface area contributed by atoms with Gasteiger partial charge in [0.15, 0.2) is 0 Å². The number of hydrogen-bond acceptors (Lipinski definition) is 4. The lowest BCUT2D eigenvalue weighted by Gasteiger charge is -2.31. The van der Waals surface area contributed by atoms with Crippen LogP contribution in [0.1, 0.15) is 53.6 Å². The molecule has 30 heavy (non-hydrogen) atoms. The van der Waals surface area contributed by atoms with E-state index in [0.29, 0.717) is 10.3 Å². The second-order valence-electron chi connectivity index (χ2n) is 7.57. The van der Waals surface area contributed by atoms with Gasteiger partial charge in [-0.05, 0) is 67.1 Å². The molecule has 160 valence electrons. The number of benzene rings is 2. The number of amides is 1. The molecule has 0 radical (unpaired) electrons. The fourth-order valence-corrected chi connectivity index (χ4v) is 5.17. The van der Waals surface area contributed by atoms with Crippen LogP contribution in [0, 0.1) is 6.92 Å². The van der Waals surface area contributed by atoms with E-state index in [0.717, 1.165) is 29.7 Å². The number of carbonyl (C=O) groups is 2. The third kappa shape index (κ3) is 6.16. The monoisotopic (exact) mass is 446 g/mol. The molecule has 0 aromatic heterocycles. The normalized spacial score (nSPS) is 14.3. The maximum Gasteiger partial charge on any atom is 0.335 e. The van der Waals surface area contributed by atoms with E-state index in [1.54, 1.807) is 24.1 Å². The molecule has 3 rings (SSSR count). The number of carboxylic acids is 1. The fourth-order valence-electron chi connectivity index (χ4n) is 3.60. The lowest BCUT2D eigenvalue weighted by Crippen LogP contribution is -2.35. The quantitative estimate of drug-likeness (QED) is 0.527. The van der Waals surface area contributed by atoms with E-state index >= 15 is 0 Å². The fraction of sp³-hybridized carbons (Fsp3) is 0.391. The molecule has 1 aliphatic rings. The second-order valence-corrected chi connectivity index (χ2v) is 9.29. The van der Waals surface area contributed by atoms with Gasteiger partial charge in [-0.1, -0.05) is 49.1 Å². The molecule has 5 nitrogen and oxygen atoms in total. The Bertz CT molecular complexity index is 900. The molecule has 0 aliphatic heterocycles. The summed E-state index contributed by atoms with van der Waals surface area (Å²) >= 11 is 8.07. The Morgan fingerprint density at radius 3 is 2.63 bits per heavy atom. The van der Waals surface area contributed by atoms with Crippen molar-refractivity contribution in [1.29, 1.82) is 0 Å². The number of halogens is 1. The zero-order chi connectivity index (χ0) is 21.5. The first kappa shape index (κ1) is 22.5. The first-order valence-electron chi connectivity index (χ1n) is 10.2. The van der Waals surface area contributed by atoms with Crippen LogP contribution < -0.4 is 9.62 Å². The van der Waals surface area contributed by atoms with Crippen molar-refractivity contribution >= 4 is 41.1 Å². The van der Waals surface area contributed by atoms with Crippen LogP contribution in [-0.2, 0) is 11.3 Å². The standard InChI is InChI=1S/C23H27ClN2O3S/c1-16-20(24)11-6-12-21(16)26(30-19-9-3-2-4-10-19)15-22(27)25-14-17-7-5-8-18(13-17)23(28)29/h5-8,11-13,19H,2-4,9-10,14-15H2,1H3,(H,25,27)(H,28,29). The molecular formula is C23H27ClN2O3S. The van der Waals surface area contributed by atoms with Gasteiger partial charge in [-0.25, -0.2) is 4.79 Å². The van der Waals surface area contributed by atoms with Crippen LogP contribution in [0.15, 0.2) is 42.5 Å². The molecule has 0 bridgehead atoms. The van der Waals surface area contributed by atoms with Crippen LogP contribution in [0.25, 0.3) is 0 Å². The summed E-state index contributed by atoms with van der Waals surface area (Å²) in [6.45, 7) is 2.47. The Hall–Kier alpha value is -2.18. The van der Waals surface area contributed by atoms with Crippen LogP contribution >= 0.6 is 23.5 Å². The average Bonchev–Trinajstić information content (AvgIpc) is 2.75. The van der Waals surface area contributed by atoms with Crippen LogP contribution in [0.2, 0.25) is 5.02 Å². The zero-order valence-electron chi connectivity index (χ0n) is 17.1. The molecule has 1 amide bonds. The van der Waals surface area contributed by atoms with Crippen molar-refractivity contribution < 1.29 is 14.7 Å². The first-order chi connectivity index (χ1) is 14.4. The minimum Gasteiger partial charge on any atom is -0.478 e. The highest BCUT2D eigenvalue weighted by Crippen LogP contribution is 2.36. The second kappa shape index (κ2) is 10.7. The molecule has 2 aromatic carbocycles. The van der Waals surface area contributed by atoms with E-state index in [4.69, 9.17) is 16.7 Å². The highest BCUT2D eigenvalue weighted by atomic mass is 35.5. The molecule has 1 aliphatic carbocycles. The summed E-state index contributed by atoms with van der Waals surface area (Å²) in [6.07, 6.45) is 6.05. The SMILES string of the molecule is Cc1c(Cl)cccc1N(CC(=O)NCc1cccc(C(=O)O)c1)SC1CCCCC1. The van der Waals surface area contributed by atoms with E-state index < -0.39 is 5.97 Å². The summed E-state index contributed by atoms with van der Waals surface area (Å²) in [5.41, 5.74) is 2.89. The Morgan fingerprint density at radius 1 is 1.17 bits per heavy atom. The van der Waals surface area contributed by atoms with Crippen LogP contribution in [0.5, 0.6) is 0 Å². The molecule has 2 aromatic rings. The van der Waals surface area contributed by atoms with Gasteiger partial charge in [-0.15, -0.1) is 0 Å². The zero-order valence-corrected chi connectivity index (χ0v) is 18.6. The third-order valence-corrected chi connectivity index (χ3v) is 7.05. The molecule has 1 fully saturated rings. The average molecular weight is 447 g/mol. The predicted octanol–water partition coefficient (Wildman–Crippen LogP) is 5.45. The van der Waals surface area contributed by atoms with Crippen molar-refractivity contribution in [2.45, 2.75) is 50.8 Å². The molecule has 1 saturated carbocycles. The van der Waals surface area contributed by atoms with Crippen molar-refractivity contribution in [3.63, 3.8) is 0 Å². The lowest BCUT2D eigenvalue weighted by molar-refractivity contribution is -0.119. The summed E-state index contributed by atoms with van der Waals surface area (Å²) in [7, 11) is 0. The maximum absolute atomic E-state index is 12.7. The summed E-state index contributed by atoms with van der Waals surface area (Å²) < 4.78 is 2.06. The van der Waals surface area contributed by atoms with Gasteiger partial charge in [-0.3, -0.25) is 4.79 Å². The molecule has 0 atom stereocenters. The maximum atomic E-state index is 12.7. The number of nitrogens with one attached hydrogen (secondary N) is 1. The predicted molar refractivity (Wildman–Crippen MR) is 123 cm³/mol. The van der Waals surface area contributed by atoms with Gasteiger partial charge in [0.25, 0.3) is 0 Å². The van der Waals surface area contributed by atoms with Gasteiger partial charge in [-0.2, -0.15) is 0 Å². The number of anilines is 1. The number of rotatable bonds is 8. The number of hydrogen-bond donors (Lipinski definition) is 2. The molecule has 7 heteroatoms. The largest absolute Gasteiger partial charge is 0.478 e. The van der Waals surface area contributed by atoms with Crippen LogP contribution in [0.3, 0.4) is 0 Å². The van der Waals surface area contributed by atoms with Crippen LogP contribution in [-0.4, -0.2) is 28.8 Å². The first-order valence-corrected chi connectivity index (χ1v) is 11.4. The summed E-state index contributed by atoms with van der Waals surface area (Å²) in [5, 5.41) is 13.2. The van der Waals surface area contributed by atoms with Gasteiger partial charge >= 0.3 is 5.97 Å². The lowest BCUT2D eigenvalue weighted by atomic mass is 10.0. The van der Waals surface area contributed by atoms with Gasteiger partial charge in [0, 0.05) is 16.8 Å². The van der Waals surface area contributed by atoms with E-state index in [1.165, 1.54) is 25.3 Å². The Kier molecular flexibility index (Phi) is 8.05. The third-order valence-electron chi connectivity index (χ3n) is 5.29. The topological polar surface area (TPSA) is 69.6 Å². The molecule has 0 unspecified atom stereocenters. The molecule has 0 spiro atoms. The van der Waals surface area contributed by atoms with Gasteiger partial charge in [0.1, 0.15) is 6.54 Å². The van der Waals surface area contributed by atoms with E-state index in [-0.39, 0.29) is 24.6 Å². The highest BCUT2D eigenvalue weighted by Gasteiger charge is 2.22. The van der Waals surface area contributed by atoms with E-state index in [1.807, 2.05) is 31.2 Å². The van der Waals surface area contributed by atoms with Crippen LogP contribution in [0.4, 0.5) is 5.69 Å². The number of carbonyl (C=O) groups excluding carboxylic acids is 1. The van der Waals surface area contributed by atoms with Gasteiger partial charge in [0.2, 0.25) is 5.91 Å². The van der Waals surface area contributed by atoms with E-state index in [9.17, 15) is 9.59 Å². The molecule has 0 saturated heterocycles. The minimum atomic E-state index is -0.977. The van der Waals surface area contributed by atoms with E-state index in [2.05, 4.69) is 9.62 Å². The van der Waals surface area contributed by atoms with Crippen molar-refractivity contribution in [2.24, 2.45) is 0 Å². The van der Waals surface area contributed by atoms with Crippen molar-refractivity contribution in [1.82, 2.24) is 5.32 Å². The smallest absolute Gasteiger partial charge is 0.335 e. The minimum absolute atomic E-state index is 0.113. The number of nitrogens with zero attached hydrogens (tertiary/aromatic N) is 1. The summed E-state index contributed by atoms with van der Waals surface area (Å²) in [4.78, 5) is 23.9. The summed E-state index contributed by atoms with van der Waals surface area (Å²) in [5.74, 6) is -1.09. The van der Waals surface area contributed by atoms with Gasteiger partial charge in [0.05, 0.1) is 11.3 Å². The van der Waals surface area contributed by atoms with Crippen molar-refractivity contribution in [3.8, 4) is 0 Å². The number of carboxylic acid groups (broad SMARTS) is 1. The number of aromatic carboxylic acids is 1. The molecule has 2 N–H and O–H groups in total. The Labute approximate surface area is 186 Å². The van der Waals surface area contributed by atoms with Gasteiger partial charge < -0.3 is 14.7 Å². The van der Waals surface area contributed by atoms with Crippen molar-refractivity contribution in [2.75, 3.05) is 10.8 Å². The highest BCUT2D eigenvalue weighted by molar-refractivity contribution is 8.01. The van der Waals surface area contributed by atoms with Crippen molar-refractivity contribution in [3.05, 3.63) is 64.2 Å². The Morgan fingerprint density at radius 2 is 1.90 bits per heavy atom. The molecular weight excluding hydrogens is 420 g/mol. The summed E-state index contributed by atoms with van der Waals surface area (Å²) in [6, 6.07) is 12.4. The Balaban J connectivity index is 1.68. The molecule has 0 heterocycles.